The Morgan fingerprint density at radius 1 is 0.648 bits per heavy atom. The number of ether oxygens (including phenoxy) is 4. The average molecular weight is 1380 g/mol. The minimum atomic E-state index is -2.45. The predicted octanol–water partition coefficient (Wildman–Crippen LogP) is 1.60. The summed E-state index contributed by atoms with van der Waals surface area (Å²) in [6.07, 6.45) is -0.777. The van der Waals surface area contributed by atoms with E-state index in [0.29, 0.717) is 26.0 Å². The van der Waals surface area contributed by atoms with Crippen molar-refractivity contribution in [2.45, 2.75) is 129 Å². The van der Waals surface area contributed by atoms with Gasteiger partial charge in [0.05, 0.1) is 45.1 Å². The molecule has 5 N–H and O–H groups in total. The third-order valence-electron chi connectivity index (χ3n) is 13.6. The zero-order valence-corrected chi connectivity index (χ0v) is 56.3. The van der Waals surface area contributed by atoms with Crippen LogP contribution >= 0.6 is 44.8 Å². The number of amides is 5. The second-order valence-corrected chi connectivity index (χ2v) is 29.1. The second-order valence-electron chi connectivity index (χ2n) is 21.5. The molecule has 5 amide bonds. The molecule has 6 atom stereocenters. The molecule has 0 saturated carbocycles. The van der Waals surface area contributed by atoms with Gasteiger partial charge in [0, 0.05) is 58.3 Å². The van der Waals surface area contributed by atoms with Crippen molar-refractivity contribution in [1.29, 1.82) is 0 Å². The van der Waals surface area contributed by atoms with Gasteiger partial charge in [0.2, 0.25) is 23.6 Å². The molecule has 0 fully saturated rings. The summed E-state index contributed by atoms with van der Waals surface area (Å²) in [4.78, 5) is 160. The molecule has 88 heavy (non-hydrogen) atoms. The molecule has 0 heterocycles. The summed E-state index contributed by atoms with van der Waals surface area (Å²) >= 11 is 1.97. The van der Waals surface area contributed by atoms with Crippen LogP contribution in [0.3, 0.4) is 0 Å². The van der Waals surface area contributed by atoms with Crippen molar-refractivity contribution in [3.8, 4) is 0 Å². The van der Waals surface area contributed by atoms with Crippen LogP contribution in [0.2, 0.25) is 0 Å². The van der Waals surface area contributed by atoms with E-state index in [-0.39, 0.29) is 153 Å². The van der Waals surface area contributed by atoms with Crippen LogP contribution in [0.1, 0.15) is 110 Å². The second kappa shape index (κ2) is 48.3. The summed E-state index contributed by atoms with van der Waals surface area (Å²) in [5.41, 5.74) is 0.761. The van der Waals surface area contributed by atoms with Crippen molar-refractivity contribution in [3.05, 3.63) is 35.9 Å². The first kappa shape index (κ1) is 82.6. The molecular weight excluding hydrogens is 1290 g/mol. The monoisotopic (exact) mass is 1380 g/mol. The SMILES string of the molecule is [B]B=S(=B[B])(CC(=O)C(CCC(=O)CP([B])C)CC(=O)CCC(NC(=O)CNC(=O)CCC(NC(=O)CCC(=O)C(CC(C)C)NC(=O)C(CC(=O)CNC(=O)COCCOCC)Cc1ccccc1)C(=O)CCCOCCOC)C(=O)C[P-]I)B([B])[B]. The number of methoxy groups -OCH3 is 1. The summed E-state index contributed by atoms with van der Waals surface area (Å²) < 4.78 is 20.9. The van der Waals surface area contributed by atoms with Gasteiger partial charge < -0.3 is 62.3 Å². The first-order valence-corrected chi connectivity index (χ1v) is 37.2. The van der Waals surface area contributed by atoms with E-state index >= 15 is 0 Å². The van der Waals surface area contributed by atoms with Crippen LogP contribution in [0, 0.1) is 17.8 Å². The average Bonchev–Trinajstić information content (AvgIpc) is 3.58. The number of benzene rings is 1. The zero-order valence-electron chi connectivity index (χ0n) is 51.6. The van der Waals surface area contributed by atoms with E-state index in [1.165, 1.54) is 19.2 Å². The van der Waals surface area contributed by atoms with Gasteiger partial charge in [0.25, 0.3) is 0 Å². The molecule has 0 aliphatic rings. The Kier molecular flexibility index (Phi) is 45.3. The van der Waals surface area contributed by atoms with E-state index in [0.717, 1.165) is 5.56 Å². The van der Waals surface area contributed by atoms with Crippen molar-refractivity contribution in [2.75, 3.05) is 91.2 Å². The molecule has 33 heteroatoms. The molecule has 1 aromatic carbocycles. The van der Waals surface area contributed by atoms with Crippen molar-refractivity contribution in [3.63, 3.8) is 0 Å². The fraction of sp³-hybridized carbons (Fsp3) is 0.673. The summed E-state index contributed by atoms with van der Waals surface area (Å²) in [7, 11) is 27.5. The van der Waals surface area contributed by atoms with Crippen LogP contribution < -0.4 is 26.6 Å². The molecule has 0 bridgehead atoms. The van der Waals surface area contributed by atoms with E-state index in [4.69, 9.17) is 57.5 Å². The molecule has 0 spiro atoms. The fourth-order valence-corrected chi connectivity index (χ4v) is 12.4. The number of Topliss-reactive ketones (excluding diaryl/α,β-unsaturated/α-hetero) is 7. The van der Waals surface area contributed by atoms with Gasteiger partial charge in [-0.3, -0.25) is 33.6 Å². The van der Waals surface area contributed by atoms with Crippen LogP contribution in [0.4, 0.5) is 0 Å². The van der Waals surface area contributed by atoms with Crippen LogP contribution in [-0.4, -0.2) is 236 Å². The van der Waals surface area contributed by atoms with Gasteiger partial charge >= 0.3 is 213 Å². The maximum atomic E-state index is 14.0. The van der Waals surface area contributed by atoms with Gasteiger partial charge in [0.1, 0.15) is 6.61 Å². The van der Waals surface area contributed by atoms with E-state index in [2.05, 4.69) is 26.6 Å². The number of halogens is 1. The number of hydrogen-bond acceptors (Lipinski definition) is 16. The van der Waals surface area contributed by atoms with E-state index in [1.807, 2.05) is 42.8 Å². The third kappa shape index (κ3) is 37.2. The molecule has 0 aliphatic heterocycles. The van der Waals surface area contributed by atoms with Crippen LogP contribution in [-0.2, 0) is 82.9 Å². The van der Waals surface area contributed by atoms with Crippen LogP contribution in [0.5, 0.6) is 0 Å². The molecule has 21 nitrogen and oxygen atoms in total. The Balaban J connectivity index is 3.14. The maximum absolute atomic E-state index is 14.0. The molecule has 0 saturated heterocycles. The number of nitrogens with one attached hydrogen (secondary N) is 5. The van der Waals surface area contributed by atoms with Crippen molar-refractivity contribution < 1.29 is 76.5 Å². The zero-order chi connectivity index (χ0) is 66.0. The minimum absolute atomic E-state index is 0.0196. The Morgan fingerprint density at radius 3 is 1.88 bits per heavy atom. The molecule has 0 aromatic heterocycles. The van der Waals surface area contributed by atoms with E-state index < -0.39 is 123 Å². The normalized spacial score (nSPS) is 13.4. The summed E-state index contributed by atoms with van der Waals surface area (Å²) in [6, 6.07) is 7.98. The van der Waals surface area contributed by atoms with Crippen molar-refractivity contribution in [1.82, 2.24) is 26.6 Å². The Bertz CT molecular complexity index is 2550. The topological polar surface area (TPSA) is 302 Å². The Labute approximate surface area is 544 Å². The first-order valence-electron chi connectivity index (χ1n) is 29.3. The summed E-state index contributed by atoms with van der Waals surface area (Å²) in [5, 5.41) is 13.0. The number of carbonyl (C=O) groups is 12. The van der Waals surface area contributed by atoms with Gasteiger partial charge in [-0.25, -0.2) is 0 Å². The molecular formula is C55H83B8IN5O16P2S-. The van der Waals surface area contributed by atoms with Gasteiger partial charge in [-0.15, -0.1) is 0 Å². The summed E-state index contributed by atoms with van der Waals surface area (Å²) in [6.45, 7) is 7.86. The van der Waals surface area contributed by atoms with Gasteiger partial charge in [-0.05, 0) is 44.1 Å². The summed E-state index contributed by atoms with van der Waals surface area (Å²) in [5.74, 6) is -9.22. The van der Waals surface area contributed by atoms with E-state index in [1.54, 1.807) is 37.0 Å². The molecule has 1 rings (SSSR count). The molecule has 1 aromatic rings. The third-order valence-corrected chi connectivity index (χ3v) is 18.7. The van der Waals surface area contributed by atoms with Crippen molar-refractivity contribution in [2.24, 2.45) is 17.8 Å². The fourth-order valence-electron chi connectivity index (χ4n) is 8.77. The Morgan fingerprint density at radius 2 is 1.25 bits per heavy atom. The first-order chi connectivity index (χ1) is 41.8. The number of hydrogen-bond donors (Lipinski definition) is 5. The Hall–Kier alpha value is -3.44. The van der Waals surface area contributed by atoms with Gasteiger partial charge in [-0.2, -0.15) is 0 Å². The van der Waals surface area contributed by atoms with Crippen LogP contribution in [0.25, 0.3) is 0 Å². The number of rotatable bonds is 52. The molecule has 472 valence electrons. The van der Waals surface area contributed by atoms with E-state index in [9.17, 15) is 57.5 Å². The number of carbonyl (C=O) groups excluding carboxylic acids is 12. The molecule has 0 aliphatic carbocycles. The molecule has 10 radical (unpaired) electrons. The van der Waals surface area contributed by atoms with Crippen LogP contribution in [0.15, 0.2) is 30.3 Å². The quantitative estimate of drug-likeness (QED) is 0.0268. The number of ketones is 7. The predicted molar refractivity (Wildman–Crippen MR) is 361 cm³/mol. The van der Waals surface area contributed by atoms with Gasteiger partial charge in [0.15, 0.2) is 17.3 Å². The molecule has 6 unspecified atom stereocenters. The van der Waals surface area contributed by atoms with Crippen molar-refractivity contribution >= 4 is 171 Å². The van der Waals surface area contributed by atoms with Gasteiger partial charge in [-0.1, -0.05) is 44.2 Å². The standard InChI is InChI=1S/C55H83B8IN5O16P2S/c1-6-83-25-26-85-33-54(80)65-31-43(72)30-40(28-38-11-8-7-9-12-38)55(81)69-46(27-37(2)3)48(74)19-21-52(78)67-44(47(73)13-10-22-84-24-23-82-4)18-20-51(77)66-32-53(79)68-45(49(75)34-86-64)17-16-41(70)29-39(14-15-42(71)35-87(5)60)50(76)36-88(61-56,62-57)63(58)59/h7-9,11-12,37,39-40,44-46H,6,10,13-36H2,1-5H3,(H,65,80)(H,66,77)(H,67,78)(H,68,79)(H,69,81)/q-1.